The Morgan fingerprint density at radius 3 is 2.62 bits per heavy atom. The Morgan fingerprint density at radius 2 is 2.00 bits per heavy atom. The summed E-state index contributed by atoms with van der Waals surface area (Å²) in [5, 5.41) is 9.18. The SMILES string of the molecule is CCN(C(=O)CSc1nnc(C2CC2)n1CCC(N)=O)c1ccccc1. The van der Waals surface area contributed by atoms with Crippen molar-refractivity contribution in [2.75, 3.05) is 17.2 Å². The zero-order chi connectivity index (χ0) is 18.5. The van der Waals surface area contributed by atoms with E-state index in [9.17, 15) is 9.59 Å². The third kappa shape index (κ3) is 4.43. The van der Waals surface area contributed by atoms with Crippen LogP contribution in [0.4, 0.5) is 5.69 Å². The lowest BCUT2D eigenvalue weighted by Gasteiger charge is -2.20. The van der Waals surface area contributed by atoms with E-state index >= 15 is 0 Å². The van der Waals surface area contributed by atoms with Gasteiger partial charge in [-0.25, -0.2) is 0 Å². The van der Waals surface area contributed by atoms with Gasteiger partial charge in [0.05, 0.1) is 5.75 Å². The Hall–Kier alpha value is -2.35. The molecule has 1 saturated carbocycles. The van der Waals surface area contributed by atoms with Crippen LogP contribution in [0.1, 0.15) is 37.9 Å². The van der Waals surface area contributed by atoms with E-state index in [0.717, 1.165) is 24.4 Å². The number of hydrogen-bond donors (Lipinski definition) is 1. The number of rotatable bonds is 9. The molecule has 7 nitrogen and oxygen atoms in total. The Morgan fingerprint density at radius 1 is 1.27 bits per heavy atom. The van der Waals surface area contributed by atoms with Crippen LogP contribution in [0.5, 0.6) is 0 Å². The number of nitrogens with zero attached hydrogens (tertiary/aromatic N) is 4. The number of carbonyl (C=O) groups excluding carboxylic acids is 2. The molecule has 2 amide bonds. The summed E-state index contributed by atoms with van der Waals surface area (Å²) in [4.78, 5) is 25.6. The summed E-state index contributed by atoms with van der Waals surface area (Å²) >= 11 is 1.36. The Bertz CT molecular complexity index is 773. The number of benzene rings is 1. The van der Waals surface area contributed by atoms with Gasteiger partial charge in [-0.15, -0.1) is 10.2 Å². The average Bonchev–Trinajstić information content (AvgIpc) is 3.40. The van der Waals surface area contributed by atoms with E-state index < -0.39 is 0 Å². The molecule has 1 aliphatic carbocycles. The number of primary amides is 1. The molecule has 1 aromatic heterocycles. The Kier molecular flexibility index (Phi) is 5.92. The molecule has 2 N–H and O–H groups in total. The molecule has 0 radical (unpaired) electrons. The van der Waals surface area contributed by atoms with Crippen LogP contribution >= 0.6 is 11.8 Å². The van der Waals surface area contributed by atoms with Crippen LogP contribution < -0.4 is 10.6 Å². The number of amides is 2. The first-order chi connectivity index (χ1) is 12.6. The summed E-state index contributed by atoms with van der Waals surface area (Å²) in [5.41, 5.74) is 6.17. The van der Waals surface area contributed by atoms with E-state index in [0.29, 0.717) is 24.2 Å². The maximum atomic E-state index is 12.7. The highest BCUT2D eigenvalue weighted by Gasteiger charge is 2.30. The molecule has 1 heterocycles. The molecule has 138 valence electrons. The lowest BCUT2D eigenvalue weighted by molar-refractivity contribution is -0.118. The van der Waals surface area contributed by atoms with E-state index in [1.54, 1.807) is 4.90 Å². The first-order valence-electron chi connectivity index (χ1n) is 8.79. The van der Waals surface area contributed by atoms with E-state index in [1.807, 2.05) is 41.8 Å². The van der Waals surface area contributed by atoms with E-state index in [2.05, 4.69) is 10.2 Å². The second-order valence-electron chi connectivity index (χ2n) is 6.25. The molecule has 1 aromatic carbocycles. The van der Waals surface area contributed by atoms with Gasteiger partial charge in [-0.05, 0) is 31.9 Å². The molecule has 1 aliphatic rings. The quantitative estimate of drug-likeness (QED) is 0.680. The minimum Gasteiger partial charge on any atom is -0.370 e. The zero-order valence-corrected chi connectivity index (χ0v) is 15.6. The molecule has 0 atom stereocenters. The Labute approximate surface area is 157 Å². The van der Waals surface area contributed by atoms with Gasteiger partial charge in [0, 0.05) is 31.1 Å². The van der Waals surface area contributed by atoms with Crippen LogP contribution in [0.3, 0.4) is 0 Å². The van der Waals surface area contributed by atoms with Crippen LogP contribution in [0.2, 0.25) is 0 Å². The molecule has 0 saturated heterocycles. The molecule has 8 heteroatoms. The third-order valence-corrected chi connectivity index (χ3v) is 5.23. The molecule has 3 rings (SSSR count). The van der Waals surface area contributed by atoms with Crippen molar-refractivity contribution < 1.29 is 9.59 Å². The first kappa shape index (κ1) is 18.4. The average molecular weight is 373 g/mol. The predicted octanol–water partition coefficient (Wildman–Crippen LogP) is 2.18. The number of para-hydroxylation sites is 1. The number of anilines is 1. The van der Waals surface area contributed by atoms with Gasteiger partial charge >= 0.3 is 0 Å². The monoisotopic (exact) mass is 373 g/mol. The van der Waals surface area contributed by atoms with E-state index in [1.165, 1.54) is 11.8 Å². The van der Waals surface area contributed by atoms with Gasteiger partial charge in [-0.3, -0.25) is 9.59 Å². The molecule has 0 aliphatic heterocycles. The van der Waals surface area contributed by atoms with Crippen molar-refractivity contribution in [2.45, 2.75) is 43.8 Å². The fourth-order valence-electron chi connectivity index (χ4n) is 2.80. The summed E-state index contributed by atoms with van der Waals surface area (Å²) in [7, 11) is 0. The predicted molar refractivity (Wildman–Crippen MR) is 101 cm³/mol. The molecular formula is C18H23N5O2S. The fourth-order valence-corrected chi connectivity index (χ4v) is 3.65. The number of nitrogens with two attached hydrogens (primary N) is 1. The first-order valence-corrected chi connectivity index (χ1v) is 9.78. The third-order valence-electron chi connectivity index (χ3n) is 4.28. The van der Waals surface area contributed by atoms with Crippen LogP contribution in [-0.4, -0.2) is 38.9 Å². The fraction of sp³-hybridized carbons (Fsp3) is 0.444. The van der Waals surface area contributed by atoms with Gasteiger partial charge in [-0.2, -0.15) is 0 Å². The topological polar surface area (TPSA) is 94.1 Å². The molecule has 0 spiro atoms. The highest BCUT2D eigenvalue weighted by Crippen LogP contribution is 2.40. The smallest absolute Gasteiger partial charge is 0.237 e. The summed E-state index contributed by atoms with van der Waals surface area (Å²) in [6, 6.07) is 9.61. The van der Waals surface area contributed by atoms with Crippen molar-refractivity contribution in [3.63, 3.8) is 0 Å². The van der Waals surface area contributed by atoms with Gasteiger partial charge < -0.3 is 15.2 Å². The molecule has 0 bridgehead atoms. The summed E-state index contributed by atoms with van der Waals surface area (Å²) in [6.07, 6.45) is 2.43. The van der Waals surface area contributed by atoms with Crippen LogP contribution in [0.15, 0.2) is 35.5 Å². The van der Waals surface area contributed by atoms with Crippen LogP contribution in [-0.2, 0) is 16.1 Å². The van der Waals surface area contributed by atoms with Crippen molar-refractivity contribution in [1.29, 1.82) is 0 Å². The molecular weight excluding hydrogens is 350 g/mol. The molecule has 2 aromatic rings. The second kappa shape index (κ2) is 8.35. The van der Waals surface area contributed by atoms with Gasteiger partial charge in [0.2, 0.25) is 11.8 Å². The van der Waals surface area contributed by atoms with Crippen molar-refractivity contribution in [3.05, 3.63) is 36.2 Å². The van der Waals surface area contributed by atoms with Gasteiger partial charge in [0.15, 0.2) is 5.16 Å². The second-order valence-corrected chi connectivity index (χ2v) is 7.19. The number of hydrogen-bond acceptors (Lipinski definition) is 5. The van der Waals surface area contributed by atoms with Crippen molar-refractivity contribution in [1.82, 2.24) is 14.8 Å². The minimum absolute atomic E-state index is 0.0149. The number of aromatic nitrogens is 3. The Balaban J connectivity index is 1.68. The van der Waals surface area contributed by atoms with Crippen LogP contribution in [0, 0.1) is 0 Å². The largest absolute Gasteiger partial charge is 0.370 e. The molecule has 26 heavy (non-hydrogen) atoms. The summed E-state index contributed by atoms with van der Waals surface area (Å²) in [6.45, 7) is 3.02. The van der Waals surface area contributed by atoms with E-state index in [-0.39, 0.29) is 24.0 Å². The maximum Gasteiger partial charge on any atom is 0.237 e. The minimum atomic E-state index is -0.353. The van der Waals surface area contributed by atoms with Gasteiger partial charge in [0.1, 0.15) is 5.82 Å². The standard InChI is InChI=1S/C18H23N5O2S/c1-2-22(14-6-4-3-5-7-14)16(25)12-26-18-21-20-17(13-8-9-13)23(18)11-10-15(19)24/h3-7,13H,2,8-12H2,1H3,(H2,19,24). The van der Waals surface area contributed by atoms with Gasteiger partial charge in [-0.1, -0.05) is 30.0 Å². The van der Waals surface area contributed by atoms with Crippen molar-refractivity contribution >= 4 is 29.3 Å². The molecule has 0 unspecified atom stereocenters. The normalized spacial score (nSPS) is 13.6. The highest BCUT2D eigenvalue weighted by molar-refractivity contribution is 7.99. The summed E-state index contributed by atoms with van der Waals surface area (Å²) in [5.74, 6) is 1.24. The lowest BCUT2D eigenvalue weighted by atomic mass is 10.3. The zero-order valence-electron chi connectivity index (χ0n) is 14.8. The van der Waals surface area contributed by atoms with E-state index in [4.69, 9.17) is 5.73 Å². The van der Waals surface area contributed by atoms with Crippen LogP contribution in [0.25, 0.3) is 0 Å². The molecule has 1 fully saturated rings. The lowest BCUT2D eigenvalue weighted by Crippen LogP contribution is -2.32. The van der Waals surface area contributed by atoms with Gasteiger partial charge in [0.25, 0.3) is 0 Å². The number of thioether (sulfide) groups is 1. The summed E-state index contributed by atoms with van der Waals surface area (Å²) < 4.78 is 1.94. The van der Waals surface area contributed by atoms with Crippen molar-refractivity contribution in [2.24, 2.45) is 5.73 Å². The van der Waals surface area contributed by atoms with Crippen molar-refractivity contribution in [3.8, 4) is 0 Å². The maximum absolute atomic E-state index is 12.7. The highest BCUT2D eigenvalue weighted by atomic mass is 32.2. The number of carbonyl (C=O) groups is 2.